The maximum atomic E-state index is 15.1. The highest BCUT2D eigenvalue weighted by atomic mass is 35.5. The number of imidazole rings is 1. The summed E-state index contributed by atoms with van der Waals surface area (Å²) in [5.41, 5.74) is 0.410. The molecular weight excluding hydrogens is 493 g/mol. The molecule has 0 radical (unpaired) electrons. The molecule has 5 nitrogen and oxygen atoms in total. The number of halogens is 4. The first-order chi connectivity index (χ1) is 16.6. The van der Waals surface area contributed by atoms with Crippen LogP contribution in [0.5, 0.6) is 0 Å². The van der Waals surface area contributed by atoms with Gasteiger partial charge in [-0.1, -0.05) is 6.92 Å². The molecule has 3 saturated carbocycles. The summed E-state index contributed by atoms with van der Waals surface area (Å²) < 4.78 is 32.8. The van der Waals surface area contributed by atoms with E-state index in [1.54, 1.807) is 4.57 Å². The quantitative estimate of drug-likeness (QED) is 0.486. The standard InChI is InChI=1S/C26H40Cl2F2N4O/c1-15-7-20(29)12-23(30)24(15)18-8-17(14-34-6-5-33(2)26(34)31)9-19(11-18)25(35)32-13-16-3-4-21(27)22(28)10-16/h5-6,15-24,31H,3-4,7-14H2,1-2H3,(H,32,35). The molecule has 198 valence electrons. The number of amides is 1. The van der Waals surface area contributed by atoms with E-state index in [0.717, 1.165) is 32.1 Å². The minimum absolute atomic E-state index is 0.00376. The molecule has 0 spiro atoms. The number of nitrogens with one attached hydrogen (secondary N) is 2. The van der Waals surface area contributed by atoms with Gasteiger partial charge in [-0.15, -0.1) is 23.2 Å². The molecule has 1 aromatic heterocycles. The van der Waals surface area contributed by atoms with Gasteiger partial charge in [0.1, 0.15) is 12.3 Å². The van der Waals surface area contributed by atoms with Crippen molar-refractivity contribution in [3.05, 3.63) is 18.0 Å². The third-order valence-electron chi connectivity index (χ3n) is 8.84. The first-order valence-corrected chi connectivity index (χ1v) is 14.1. The molecule has 10 atom stereocenters. The van der Waals surface area contributed by atoms with Crippen molar-refractivity contribution < 1.29 is 13.6 Å². The van der Waals surface area contributed by atoms with E-state index in [4.69, 9.17) is 28.6 Å². The normalized spacial score (nSPS) is 40.4. The third kappa shape index (κ3) is 6.44. The van der Waals surface area contributed by atoms with Crippen LogP contribution in [0.3, 0.4) is 0 Å². The average Bonchev–Trinajstić information content (AvgIpc) is 3.11. The van der Waals surface area contributed by atoms with Gasteiger partial charge in [0.2, 0.25) is 11.5 Å². The van der Waals surface area contributed by atoms with Crippen LogP contribution in [-0.4, -0.2) is 44.7 Å². The average molecular weight is 534 g/mol. The monoisotopic (exact) mass is 532 g/mol. The van der Waals surface area contributed by atoms with Gasteiger partial charge in [-0.05, 0) is 74.5 Å². The molecule has 0 aromatic carbocycles. The Morgan fingerprint density at radius 1 is 1.06 bits per heavy atom. The molecule has 10 unspecified atom stereocenters. The minimum Gasteiger partial charge on any atom is -0.356 e. The van der Waals surface area contributed by atoms with Gasteiger partial charge in [0.05, 0.1) is 5.38 Å². The summed E-state index contributed by atoms with van der Waals surface area (Å²) in [5.74, 6) is 0.117. The van der Waals surface area contributed by atoms with E-state index >= 15 is 4.39 Å². The largest absolute Gasteiger partial charge is 0.356 e. The molecule has 0 saturated heterocycles. The zero-order valence-corrected chi connectivity index (χ0v) is 22.3. The highest BCUT2D eigenvalue weighted by molar-refractivity contribution is 6.30. The van der Waals surface area contributed by atoms with Gasteiger partial charge in [-0.3, -0.25) is 10.2 Å². The Bertz CT molecular complexity index is 911. The molecule has 0 aliphatic heterocycles. The molecule has 9 heteroatoms. The van der Waals surface area contributed by atoms with Crippen LogP contribution >= 0.6 is 23.2 Å². The Hall–Kier alpha value is -1.08. The Labute approximate surface area is 217 Å². The summed E-state index contributed by atoms with van der Waals surface area (Å²) in [6, 6.07) is 0. The molecule has 4 rings (SSSR count). The van der Waals surface area contributed by atoms with Crippen LogP contribution in [0.15, 0.2) is 12.4 Å². The Kier molecular flexibility index (Phi) is 8.89. The number of carbonyl (C=O) groups excluding carboxylic acids is 1. The van der Waals surface area contributed by atoms with Gasteiger partial charge in [0, 0.05) is 50.2 Å². The number of aryl methyl sites for hydroxylation is 1. The van der Waals surface area contributed by atoms with Crippen molar-refractivity contribution in [2.75, 3.05) is 6.54 Å². The zero-order valence-electron chi connectivity index (χ0n) is 20.8. The second-order valence-corrected chi connectivity index (χ2v) is 12.6. The summed E-state index contributed by atoms with van der Waals surface area (Å²) in [6.45, 7) is 3.19. The first kappa shape index (κ1) is 27.0. The molecule has 1 heterocycles. The lowest BCUT2D eigenvalue weighted by Crippen LogP contribution is -2.45. The third-order valence-corrected chi connectivity index (χ3v) is 9.97. The van der Waals surface area contributed by atoms with Crippen molar-refractivity contribution in [2.45, 2.75) is 87.9 Å². The van der Waals surface area contributed by atoms with E-state index in [1.165, 1.54) is 0 Å². The Morgan fingerprint density at radius 3 is 2.49 bits per heavy atom. The van der Waals surface area contributed by atoms with E-state index in [2.05, 4.69) is 5.32 Å². The Morgan fingerprint density at radius 2 is 1.83 bits per heavy atom. The van der Waals surface area contributed by atoms with E-state index in [1.807, 2.05) is 30.9 Å². The molecule has 1 aromatic rings. The van der Waals surface area contributed by atoms with Gasteiger partial charge >= 0.3 is 0 Å². The maximum absolute atomic E-state index is 15.1. The maximum Gasteiger partial charge on any atom is 0.223 e. The fraction of sp³-hybridized carbons (Fsp3) is 0.846. The molecule has 3 aliphatic rings. The Balaban J connectivity index is 1.45. The second kappa shape index (κ2) is 11.5. The summed E-state index contributed by atoms with van der Waals surface area (Å²) in [6.07, 6.45) is 6.68. The predicted octanol–water partition coefficient (Wildman–Crippen LogP) is 5.19. The van der Waals surface area contributed by atoms with Crippen molar-refractivity contribution in [1.82, 2.24) is 14.5 Å². The van der Waals surface area contributed by atoms with Gasteiger partial charge in [-0.2, -0.15) is 0 Å². The van der Waals surface area contributed by atoms with Gasteiger partial charge in [0.25, 0.3) is 0 Å². The molecule has 2 N–H and O–H groups in total. The highest BCUT2D eigenvalue weighted by Gasteiger charge is 2.45. The van der Waals surface area contributed by atoms with E-state index in [0.29, 0.717) is 37.5 Å². The smallest absolute Gasteiger partial charge is 0.223 e. The SMILES string of the molecule is CC1CC(F)CC(F)C1C1CC(Cn2ccn(C)c2=N)CC(C(=O)NCC2CCC(Cl)C(Cl)C2)C1. The lowest BCUT2D eigenvalue weighted by Gasteiger charge is -2.44. The van der Waals surface area contributed by atoms with Crippen molar-refractivity contribution in [3.8, 4) is 0 Å². The zero-order chi connectivity index (χ0) is 25.3. The van der Waals surface area contributed by atoms with Crippen LogP contribution < -0.4 is 10.9 Å². The van der Waals surface area contributed by atoms with Crippen LogP contribution in [0.25, 0.3) is 0 Å². The number of alkyl halides is 4. The fourth-order valence-electron chi connectivity index (χ4n) is 7.02. The molecule has 1 amide bonds. The predicted molar refractivity (Wildman–Crippen MR) is 135 cm³/mol. The topological polar surface area (TPSA) is 62.8 Å². The lowest BCUT2D eigenvalue weighted by molar-refractivity contribution is -0.128. The van der Waals surface area contributed by atoms with E-state index in [-0.39, 0.29) is 52.7 Å². The highest BCUT2D eigenvalue weighted by Crippen LogP contribution is 2.46. The van der Waals surface area contributed by atoms with Crippen molar-refractivity contribution >= 4 is 29.1 Å². The van der Waals surface area contributed by atoms with E-state index < -0.39 is 12.3 Å². The van der Waals surface area contributed by atoms with Crippen LogP contribution in [0, 0.1) is 40.9 Å². The second-order valence-electron chi connectivity index (χ2n) is 11.5. The number of aromatic nitrogens is 2. The molecule has 0 bridgehead atoms. The van der Waals surface area contributed by atoms with Gasteiger partial charge in [-0.25, -0.2) is 8.78 Å². The van der Waals surface area contributed by atoms with Crippen molar-refractivity contribution in [3.63, 3.8) is 0 Å². The van der Waals surface area contributed by atoms with Crippen molar-refractivity contribution in [2.24, 2.45) is 42.6 Å². The molecule has 35 heavy (non-hydrogen) atoms. The summed E-state index contributed by atoms with van der Waals surface area (Å²) >= 11 is 12.6. The van der Waals surface area contributed by atoms with Gasteiger partial charge in [0.15, 0.2) is 0 Å². The van der Waals surface area contributed by atoms with Crippen LogP contribution in [0.1, 0.15) is 58.3 Å². The number of hydrogen-bond acceptors (Lipinski definition) is 2. The van der Waals surface area contributed by atoms with Crippen LogP contribution in [0.2, 0.25) is 0 Å². The fourth-order valence-corrected chi connectivity index (χ4v) is 7.63. The number of carbonyl (C=O) groups is 1. The summed E-state index contributed by atoms with van der Waals surface area (Å²) in [7, 11) is 1.84. The molecular formula is C26H40Cl2F2N4O. The first-order valence-electron chi connectivity index (χ1n) is 13.2. The number of hydrogen-bond donors (Lipinski definition) is 2. The summed E-state index contributed by atoms with van der Waals surface area (Å²) in [4.78, 5) is 13.3. The number of rotatable bonds is 6. The van der Waals surface area contributed by atoms with Crippen LogP contribution in [-0.2, 0) is 18.4 Å². The molecule has 3 aliphatic carbocycles. The lowest BCUT2D eigenvalue weighted by atomic mass is 9.63. The molecule has 3 fully saturated rings. The van der Waals surface area contributed by atoms with Crippen LogP contribution in [0.4, 0.5) is 8.78 Å². The van der Waals surface area contributed by atoms with E-state index in [9.17, 15) is 9.18 Å². The van der Waals surface area contributed by atoms with Crippen molar-refractivity contribution in [1.29, 1.82) is 5.41 Å². The minimum atomic E-state index is -1.16. The van der Waals surface area contributed by atoms with Gasteiger partial charge < -0.3 is 14.5 Å². The number of nitrogens with zero attached hydrogens (tertiary/aromatic N) is 2. The summed E-state index contributed by atoms with van der Waals surface area (Å²) in [5, 5.41) is 11.4.